The predicted molar refractivity (Wildman–Crippen MR) is 64.0 cm³/mol. The highest BCUT2D eigenvalue weighted by Crippen LogP contribution is 2.17. The topological polar surface area (TPSA) is 43.5 Å². The van der Waals surface area contributed by atoms with Crippen LogP contribution in [0.15, 0.2) is 0 Å². The van der Waals surface area contributed by atoms with Gasteiger partial charge in [-0.15, -0.1) is 0 Å². The van der Waals surface area contributed by atoms with Crippen molar-refractivity contribution in [3.05, 3.63) is 0 Å². The molecule has 0 amide bonds. The first-order valence-electron chi connectivity index (χ1n) is 6.84. The van der Waals surface area contributed by atoms with E-state index in [-0.39, 0.29) is 0 Å². The molecule has 100 valence electrons. The maximum absolute atomic E-state index is 5.39. The Labute approximate surface area is 104 Å². The summed E-state index contributed by atoms with van der Waals surface area (Å²) in [6, 6.07) is 0. The van der Waals surface area contributed by atoms with Crippen molar-refractivity contribution in [3.8, 4) is 0 Å². The van der Waals surface area contributed by atoms with Gasteiger partial charge in [-0.2, -0.15) is 0 Å². The summed E-state index contributed by atoms with van der Waals surface area (Å²) in [4.78, 5) is 0. The first kappa shape index (κ1) is 13.3. The molecule has 0 bridgehead atoms. The van der Waals surface area contributed by atoms with Gasteiger partial charge >= 0.3 is 0 Å². The third-order valence-corrected chi connectivity index (χ3v) is 3.10. The molecule has 0 aromatic rings. The van der Waals surface area contributed by atoms with Crippen LogP contribution < -0.4 is 0 Å². The molecule has 2 unspecified atom stereocenters. The zero-order valence-corrected chi connectivity index (χ0v) is 10.6. The molecule has 4 heteroatoms. The number of epoxide rings is 2. The fourth-order valence-corrected chi connectivity index (χ4v) is 1.80. The van der Waals surface area contributed by atoms with Crippen molar-refractivity contribution in [1.82, 2.24) is 0 Å². The fourth-order valence-electron chi connectivity index (χ4n) is 1.80. The van der Waals surface area contributed by atoms with Gasteiger partial charge in [0.05, 0.1) is 25.4 Å². The lowest BCUT2D eigenvalue weighted by Crippen LogP contribution is -2.03. The van der Waals surface area contributed by atoms with Crippen LogP contribution in [0.5, 0.6) is 0 Å². The minimum absolute atomic E-state index is 0.444. The highest BCUT2D eigenvalue weighted by molar-refractivity contribution is 4.68. The molecule has 2 rings (SSSR count). The Bertz CT molecular complexity index is 170. The van der Waals surface area contributed by atoms with Gasteiger partial charge in [-0.3, -0.25) is 0 Å². The van der Waals surface area contributed by atoms with Gasteiger partial charge < -0.3 is 18.9 Å². The highest BCUT2D eigenvalue weighted by atomic mass is 16.7. The second-order valence-corrected chi connectivity index (χ2v) is 4.84. The van der Waals surface area contributed by atoms with Gasteiger partial charge in [-0.25, -0.2) is 0 Å². The Kier molecular flexibility index (Phi) is 6.27. The van der Waals surface area contributed by atoms with E-state index < -0.39 is 0 Å². The summed E-state index contributed by atoms with van der Waals surface area (Å²) in [6.07, 6.45) is 8.12. The van der Waals surface area contributed by atoms with E-state index in [0.29, 0.717) is 19.0 Å². The lowest BCUT2D eigenvalue weighted by molar-refractivity contribution is -0.0556. The van der Waals surface area contributed by atoms with Gasteiger partial charge in [0.2, 0.25) is 0 Å². The molecule has 2 atom stereocenters. The van der Waals surface area contributed by atoms with E-state index in [0.717, 1.165) is 39.3 Å². The largest absolute Gasteiger partial charge is 0.373 e. The van der Waals surface area contributed by atoms with Crippen LogP contribution in [0.2, 0.25) is 0 Å². The van der Waals surface area contributed by atoms with Crippen LogP contribution in [-0.4, -0.2) is 45.4 Å². The smallest absolute Gasteiger partial charge is 0.146 e. The molecular formula is C13H24O4. The van der Waals surface area contributed by atoms with Gasteiger partial charge in [0.25, 0.3) is 0 Å². The van der Waals surface area contributed by atoms with Crippen molar-refractivity contribution in [2.45, 2.75) is 50.7 Å². The Morgan fingerprint density at radius 1 is 0.765 bits per heavy atom. The molecule has 0 aromatic carbocycles. The molecule has 0 saturated carbocycles. The van der Waals surface area contributed by atoms with Crippen LogP contribution in [0.25, 0.3) is 0 Å². The van der Waals surface area contributed by atoms with Gasteiger partial charge in [-0.05, 0) is 38.5 Å². The first-order chi connectivity index (χ1) is 8.45. The van der Waals surface area contributed by atoms with E-state index in [1.165, 1.54) is 25.7 Å². The maximum Gasteiger partial charge on any atom is 0.146 e. The van der Waals surface area contributed by atoms with Crippen LogP contribution >= 0.6 is 0 Å². The zero-order chi connectivity index (χ0) is 11.8. The summed E-state index contributed by atoms with van der Waals surface area (Å²) in [6.45, 7) is 4.00. The predicted octanol–water partition coefficient (Wildman–Crippen LogP) is 2.12. The Hall–Kier alpha value is -0.160. The van der Waals surface area contributed by atoms with Crippen molar-refractivity contribution in [2.24, 2.45) is 0 Å². The molecule has 2 heterocycles. The molecule has 2 aliphatic rings. The summed E-state index contributed by atoms with van der Waals surface area (Å²) in [5.41, 5.74) is 0. The van der Waals surface area contributed by atoms with Crippen LogP contribution in [0.4, 0.5) is 0 Å². The highest BCUT2D eigenvalue weighted by Gasteiger charge is 2.21. The number of hydrogen-bond donors (Lipinski definition) is 0. The second-order valence-electron chi connectivity index (χ2n) is 4.84. The third kappa shape index (κ3) is 7.71. The van der Waals surface area contributed by atoms with E-state index in [2.05, 4.69) is 0 Å². The number of hydrogen-bond acceptors (Lipinski definition) is 4. The third-order valence-electron chi connectivity index (χ3n) is 3.10. The molecule has 0 aromatic heterocycles. The minimum atomic E-state index is 0.444. The lowest BCUT2D eigenvalue weighted by Gasteiger charge is -2.05. The van der Waals surface area contributed by atoms with Crippen LogP contribution in [-0.2, 0) is 18.9 Å². The number of unbranched alkanes of at least 4 members (excludes halogenated alkanes) is 2. The molecule has 0 aliphatic carbocycles. The Morgan fingerprint density at radius 2 is 1.24 bits per heavy atom. The molecule has 0 spiro atoms. The lowest BCUT2D eigenvalue weighted by atomic mass is 10.2. The summed E-state index contributed by atoms with van der Waals surface area (Å²) in [5, 5.41) is 0. The summed E-state index contributed by atoms with van der Waals surface area (Å²) >= 11 is 0. The van der Waals surface area contributed by atoms with Crippen LogP contribution in [0.3, 0.4) is 0 Å². The van der Waals surface area contributed by atoms with Crippen molar-refractivity contribution < 1.29 is 18.9 Å². The van der Waals surface area contributed by atoms with Gasteiger partial charge in [-0.1, -0.05) is 0 Å². The van der Waals surface area contributed by atoms with E-state index in [1.54, 1.807) is 0 Å². The minimum Gasteiger partial charge on any atom is -0.373 e. The summed E-state index contributed by atoms with van der Waals surface area (Å²) < 4.78 is 21.1. The number of ether oxygens (including phenoxy) is 4. The van der Waals surface area contributed by atoms with Crippen LogP contribution in [0, 0.1) is 0 Å². The monoisotopic (exact) mass is 244 g/mol. The standard InChI is InChI=1S/C13H24O4/c1(5-12-9-16-12)3-7-14-11-15-8-4-2-6-13-10-17-13/h12-13H,1-11H2. The van der Waals surface area contributed by atoms with E-state index in [1.807, 2.05) is 0 Å². The first-order valence-corrected chi connectivity index (χ1v) is 6.84. The average molecular weight is 244 g/mol. The summed E-state index contributed by atoms with van der Waals surface area (Å²) in [7, 11) is 0. The maximum atomic E-state index is 5.39. The van der Waals surface area contributed by atoms with Crippen molar-refractivity contribution >= 4 is 0 Å². The number of rotatable bonds is 12. The molecule has 2 saturated heterocycles. The van der Waals surface area contributed by atoms with Gasteiger partial charge in [0.15, 0.2) is 0 Å². The fraction of sp³-hybridized carbons (Fsp3) is 1.00. The van der Waals surface area contributed by atoms with E-state index in [9.17, 15) is 0 Å². The van der Waals surface area contributed by atoms with Crippen LogP contribution in [0.1, 0.15) is 38.5 Å². The molecule has 0 radical (unpaired) electrons. The SMILES string of the molecule is C(CCC1CO1)COCOCCCCC1CO1. The van der Waals surface area contributed by atoms with Gasteiger partial charge in [0, 0.05) is 13.2 Å². The quantitative estimate of drug-likeness (QED) is 0.299. The van der Waals surface area contributed by atoms with E-state index >= 15 is 0 Å². The molecule has 0 N–H and O–H groups in total. The average Bonchev–Trinajstić information content (AvgIpc) is 3.19. The molecule has 17 heavy (non-hydrogen) atoms. The Morgan fingerprint density at radius 3 is 1.65 bits per heavy atom. The molecular weight excluding hydrogens is 220 g/mol. The van der Waals surface area contributed by atoms with E-state index in [4.69, 9.17) is 18.9 Å². The second kappa shape index (κ2) is 8.03. The molecule has 4 nitrogen and oxygen atoms in total. The Balaban J connectivity index is 1.20. The molecule has 2 aliphatic heterocycles. The summed E-state index contributed by atoms with van der Waals surface area (Å²) in [5.74, 6) is 0. The van der Waals surface area contributed by atoms with Crippen molar-refractivity contribution in [2.75, 3.05) is 33.2 Å². The van der Waals surface area contributed by atoms with Gasteiger partial charge in [0.1, 0.15) is 6.79 Å². The normalized spacial score (nSPS) is 26.1. The zero-order valence-electron chi connectivity index (χ0n) is 10.6. The van der Waals surface area contributed by atoms with Crippen molar-refractivity contribution in [1.29, 1.82) is 0 Å². The molecule has 2 fully saturated rings. The van der Waals surface area contributed by atoms with Crippen molar-refractivity contribution in [3.63, 3.8) is 0 Å².